The average Bonchev–Trinajstić information content (AvgIpc) is 3.25. The molecule has 0 aliphatic heterocycles. The van der Waals surface area contributed by atoms with Crippen molar-refractivity contribution in [3.63, 3.8) is 0 Å². The van der Waals surface area contributed by atoms with Gasteiger partial charge in [-0.15, -0.1) is 0 Å². The predicted molar refractivity (Wildman–Crippen MR) is 153 cm³/mol. The first-order valence-electron chi connectivity index (χ1n) is 13.1. The van der Waals surface area contributed by atoms with Gasteiger partial charge in [0, 0.05) is 24.5 Å². The van der Waals surface area contributed by atoms with Gasteiger partial charge in [-0.25, -0.2) is 4.98 Å². The number of carbonyl (C=O) groups is 1. The summed E-state index contributed by atoms with van der Waals surface area (Å²) in [6, 6.07) is 23.5. The Morgan fingerprint density at radius 1 is 0.921 bits per heavy atom. The smallest absolute Gasteiger partial charge is 0.257 e. The number of aryl methyl sites for hydroxylation is 1. The molecule has 1 amide bonds. The van der Waals surface area contributed by atoms with Gasteiger partial charge in [0.1, 0.15) is 17.3 Å². The summed E-state index contributed by atoms with van der Waals surface area (Å²) in [5, 5.41) is 3.56. The van der Waals surface area contributed by atoms with Crippen LogP contribution in [0.1, 0.15) is 45.0 Å². The number of amides is 1. The normalized spacial score (nSPS) is 11.5. The Labute approximate surface area is 229 Å². The molecule has 4 aromatic rings. The maximum Gasteiger partial charge on any atom is 0.257 e. The van der Waals surface area contributed by atoms with Crippen LogP contribution in [0.5, 0.6) is 11.5 Å². The Bertz CT molecular complexity index is 1330. The van der Waals surface area contributed by atoms with Crippen LogP contribution in [0.4, 0.5) is 0 Å². The highest BCUT2D eigenvalue weighted by molar-refractivity contribution is 6.30. The van der Waals surface area contributed by atoms with Gasteiger partial charge in [0.05, 0.1) is 17.6 Å². The molecule has 1 heterocycles. The van der Waals surface area contributed by atoms with Crippen LogP contribution in [-0.4, -0.2) is 35.2 Å². The van der Waals surface area contributed by atoms with Crippen LogP contribution in [0.2, 0.25) is 5.02 Å². The van der Waals surface area contributed by atoms with Crippen molar-refractivity contribution in [2.45, 2.75) is 52.0 Å². The number of carbonyl (C=O) groups excluding carboxylic acids is 1. The first-order chi connectivity index (χ1) is 18.3. The molecule has 1 aromatic heterocycles. The van der Waals surface area contributed by atoms with Crippen molar-refractivity contribution in [3.05, 3.63) is 89.2 Å². The van der Waals surface area contributed by atoms with Crippen LogP contribution in [-0.2, 0) is 23.2 Å². The van der Waals surface area contributed by atoms with Gasteiger partial charge in [-0.05, 0) is 72.4 Å². The number of hydrogen-bond donors (Lipinski definition) is 1. The van der Waals surface area contributed by atoms with E-state index in [0.29, 0.717) is 30.3 Å². The average molecular weight is 534 g/mol. The largest absolute Gasteiger partial charge is 0.494 e. The highest BCUT2D eigenvalue weighted by Gasteiger charge is 2.13. The van der Waals surface area contributed by atoms with E-state index in [0.717, 1.165) is 42.0 Å². The first-order valence-corrected chi connectivity index (χ1v) is 13.5. The molecule has 7 heteroatoms. The summed E-state index contributed by atoms with van der Waals surface area (Å²) in [4.78, 5) is 17.1. The molecular weight excluding hydrogens is 498 g/mol. The lowest BCUT2D eigenvalue weighted by Gasteiger charge is -2.19. The Kier molecular flexibility index (Phi) is 9.29. The molecule has 0 spiro atoms. The third-order valence-corrected chi connectivity index (χ3v) is 6.61. The topological polar surface area (TPSA) is 65.4 Å². The van der Waals surface area contributed by atoms with Gasteiger partial charge < -0.3 is 19.4 Å². The van der Waals surface area contributed by atoms with Crippen LogP contribution < -0.4 is 14.8 Å². The fraction of sp³-hybridized carbons (Fsp3) is 0.355. The Hall–Kier alpha value is -3.51. The molecule has 1 N–H and O–H groups in total. The van der Waals surface area contributed by atoms with E-state index >= 15 is 0 Å². The van der Waals surface area contributed by atoms with Crippen LogP contribution in [0, 0.1) is 0 Å². The molecular formula is C31H36ClN3O3. The maximum atomic E-state index is 12.3. The third kappa shape index (κ3) is 7.75. The highest BCUT2D eigenvalue weighted by Crippen LogP contribution is 2.24. The minimum Gasteiger partial charge on any atom is -0.494 e. The molecule has 200 valence electrons. The number of unbranched alkanes of at least 4 members (excludes halogenated alkanes) is 1. The standard InChI is InChI=1S/C31H36ClN3O3/c1-31(2,3)23-10-14-25(15-11-23)37-21-7-6-20-35-28-9-5-4-8-27(28)34-29(35)18-19-33-30(36)22-38-26-16-12-24(32)13-17-26/h4-5,8-17H,6-7,18-22H2,1-3H3,(H,33,36). The fourth-order valence-electron chi connectivity index (χ4n) is 4.22. The minimum absolute atomic E-state index is 0.0447. The molecule has 6 nitrogen and oxygen atoms in total. The Morgan fingerprint density at radius 2 is 1.61 bits per heavy atom. The number of nitrogens with zero attached hydrogens (tertiary/aromatic N) is 2. The molecule has 0 unspecified atom stereocenters. The summed E-state index contributed by atoms with van der Waals surface area (Å²) in [5.41, 5.74) is 3.51. The van der Waals surface area contributed by atoms with E-state index in [1.807, 2.05) is 18.2 Å². The second-order valence-electron chi connectivity index (χ2n) is 10.3. The van der Waals surface area contributed by atoms with E-state index in [2.05, 4.69) is 61.0 Å². The quantitative estimate of drug-likeness (QED) is 0.209. The summed E-state index contributed by atoms with van der Waals surface area (Å²) in [6.45, 7) is 8.58. The maximum absolute atomic E-state index is 12.3. The van der Waals surface area contributed by atoms with Crippen molar-refractivity contribution in [1.82, 2.24) is 14.9 Å². The van der Waals surface area contributed by atoms with Crippen molar-refractivity contribution in [2.75, 3.05) is 19.8 Å². The number of nitrogens with one attached hydrogen (secondary N) is 1. The van der Waals surface area contributed by atoms with E-state index < -0.39 is 0 Å². The molecule has 0 aliphatic carbocycles. The molecule has 0 radical (unpaired) electrons. The summed E-state index contributed by atoms with van der Waals surface area (Å²) < 4.78 is 13.7. The Morgan fingerprint density at radius 3 is 2.34 bits per heavy atom. The van der Waals surface area contributed by atoms with Gasteiger partial charge in [0.25, 0.3) is 5.91 Å². The van der Waals surface area contributed by atoms with Gasteiger partial charge in [-0.3, -0.25) is 4.79 Å². The first kappa shape index (κ1) is 27.5. The molecule has 4 rings (SSSR count). The van der Waals surface area contributed by atoms with E-state index in [9.17, 15) is 4.79 Å². The number of rotatable bonds is 12. The second-order valence-corrected chi connectivity index (χ2v) is 10.8. The number of imidazole rings is 1. The molecule has 0 fully saturated rings. The van der Waals surface area contributed by atoms with Crippen LogP contribution in [0.25, 0.3) is 11.0 Å². The molecule has 0 bridgehead atoms. The summed E-state index contributed by atoms with van der Waals surface area (Å²) in [5.74, 6) is 2.30. The van der Waals surface area contributed by atoms with Gasteiger partial charge in [0.15, 0.2) is 6.61 Å². The third-order valence-electron chi connectivity index (χ3n) is 6.35. The fourth-order valence-corrected chi connectivity index (χ4v) is 4.35. The molecule has 0 atom stereocenters. The van der Waals surface area contributed by atoms with Gasteiger partial charge in [-0.2, -0.15) is 0 Å². The van der Waals surface area contributed by atoms with E-state index in [1.54, 1.807) is 24.3 Å². The van der Waals surface area contributed by atoms with Crippen molar-refractivity contribution < 1.29 is 14.3 Å². The predicted octanol–water partition coefficient (Wildman–Crippen LogP) is 6.58. The monoisotopic (exact) mass is 533 g/mol. The van der Waals surface area contributed by atoms with Gasteiger partial charge >= 0.3 is 0 Å². The summed E-state index contributed by atoms with van der Waals surface area (Å²) in [7, 11) is 0. The zero-order valence-electron chi connectivity index (χ0n) is 22.4. The van der Waals surface area contributed by atoms with E-state index in [-0.39, 0.29) is 17.9 Å². The second kappa shape index (κ2) is 12.8. The molecule has 38 heavy (non-hydrogen) atoms. The number of hydrogen-bond acceptors (Lipinski definition) is 4. The van der Waals surface area contributed by atoms with Gasteiger partial charge in [0.2, 0.25) is 0 Å². The lowest BCUT2D eigenvalue weighted by atomic mass is 9.87. The molecule has 0 saturated carbocycles. The number of aromatic nitrogens is 2. The molecule has 0 aliphatic rings. The van der Waals surface area contributed by atoms with Crippen molar-refractivity contribution in [3.8, 4) is 11.5 Å². The van der Waals surface area contributed by atoms with Crippen molar-refractivity contribution in [2.24, 2.45) is 0 Å². The highest BCUT2D eigenvalue weighted by atomic mass is 35.5. The van der Waals surface area contributed by atoms with Crippen molar-refractivity contribution >= 4 is 28.5 Å². The Balaban J connectivity index is 1.25. The number of fused-ring (bicyclic) bond motifs is 1. The number of benzene rings is 3. The lowest BCUT2D eigenvalue weighted by Crippen LogP contribution is -2.31. The van der Waals surface area contributed by atoms with Gasteiger partial charge in [-0.1, -0.05) is 56.6 Å². The summed E-state index contributed by atoms with van der Waals surface area (Å²) in [6.07, 6.45) is 2.54. The summed E-state index contributed by atoms with van der Waals surface area (Å²) >= 11 is 5.88. The number of halogens is 1. The van der Waals surface area contributed by atoms with Crippen LogP contribution in [0.15, 0.2) is 72.8 Å². The molecule has 3 aromatic carbocycles. The van der Waals surface area contributed by atoms with Crippen LogP contribution >= 0.6 is 11.6 Å². The lowest BCUT2D eigenvalue weighted by molar-refractivity contribution is -0.123. The van der Waals surface area contributed by atoms with Crippen LogP contribution in [0.3, 0.4) is 0 Å². The number of para-hydroxylation sites is 2. The van der Waals surface area contributed by atoms with E-state index in [1.165, 1.54) is 5.56 Å². The number of ether oxygens (including phenoxy) is 2. The molecule has 0 saturated heterocycles. The zero-order chi connectivity index (χ0) is 27.0. The van der Waals surface area contributed by atoms with Crippen molar-refractivity contribution in [1.29, 1.82) is 0 Å². The van der Waals surface area contributed by atoms with E-state index in [4.69, 9.17) is 26.1 Å². The minimum atomic E-state index is -0.171. The zero-order valence-corrected chi connectivity index (χ0v) is 23.1. The SMILES string of the molecule is CC(C)(C)c1ccc(OCCCCn2c(CCNC(=O)COc3ccc(Cl)cc3)nc3ccccc32)cc1.